The first-order chi connectivity index (χ1) is 9.99. The predicted molar refractivity (Wildman–Crippen MR) is 87.9 cm³/mol. The average molecular weight is 352 g/mol. The van der Waals surface area contributed by atoms with Crippen LogP contribution in [0, 0.1) is 0 Å². The summed E-state index contributed by atoms with van der Waals surface area (Å²) in [7, 11) is 0. The van der Waals surface area contributed by atoms with Gasteiger partial charge in [0.05, 0.1) is 10.0 Å². The zero-order valence-corrected chi connectivity index (χ0v) is 14.2. The molecule has 0 heterocycles. The SMILES string of the molecule is CC(C)N(C(=O)c1ccccc1C=O)C1(Br)CCCCC1. The highest BCUT2D eigenvalue weighted by Gasteiger charge is 2.40. The van der Waals surface area contributed by atoms with Gasteiger partial charge in [0.25, 0.3) is 5.91 Å². The third-order valence-corrected chi connectivity index (χ3v) is 5.28. The summed E-state index contributed by atoms with van der Waals surface area (Å²) in [6.07, 6.45) is 6.14. The monoisotopic (exact) mass is 351 g/mol. The van der Waals surface area contributed by atoms with Crippen LogP contribution >= 0.6 is 15.9 Å². The fraction of sp³-hybridized carbons (Fsp3) is 0.529. The molecule has 0 spiro atoms. The minimum absolute atomic E-state index is 0.0634. The lowest BCUT2D eigenvalue weighted by molar-refractivity contribution is 0.0500. The maximum atomic E-state index is 13.0. The number of rotatable bonds is 4. The Morgan fingerprint density at radius 1 is 1.24 bits per heavy atom. The van der Waals surface area contributed by atoms with Crippen molar-refractivity contribution in [2.75, 3.05) is 0 Å². The topological polar surface area (TPSA) is 37.4 Å². The molecule has 0 N–H and O–H groups in total. The molecule has 1 aliphatic rings. The summed E-state index contributed by atoms with van der Waals surface area (Å²) in [6, 6.07) is 7.10. The first kappa shape index (κ1) is 16.2. The van der Waals surface area contributed by atoms with Crippen LogP contribution in [-0.2, 0) is 0 Å². The summed E-state index contributed by atoms with van der Waals surface area (Å²) in [5, 5.41) is 0. The second-order valence-corrected chi connectivity index (χ2v) is 7.43. The van der Waals surface area contributed by atoms with Gasteiger partial charge in [-0.05, 0) is 32.8 Å². The molecule has 114 valence electrons. The Morgan fingerprint density at radius 2 is 1.86 bits per heavy atom. The second-order valence-electron chi connectivity index (χ2n) is 5.95. The van der Waals surface area contributed by atoms with Crippen LogP contribution in [0.2, 0.25) is 0 Å². The van der Waals surface area contributed by atoms with Crippen molar-refractivity contribution in [3.8, 4) is 0 Å². The van der Waals surface area contributed by atoms with Crippen LogP contribution in [0.3, 0.4) is 0 Å². The molecule has 1 aromatic carbocycles. The number of aldehydes is 1. The van der Waals surface area contributed by atoms with Crippen LogP contribution in [-0.4, -0.2) is 27.6 Å². The van der Waals surface area contributed by atoms with E-state index in [1.54, 1.807) is 24.3 Å². The molecule has 21 heavy (non-hydrogen) atoms. The van der Waals surface area contributed by atoms with E-state index >= 15 is 0 Å². The molecule has 0 atom stereocenters. The van der Waals surface area contributed by atoms with E-state index in [4.69, 9.17) is 0 Å². The maximum absolute atomic E-state index is 13.0. The van der Waals surface area contributed by atoms with Crippen LogP contribution in [0.15, 0.2) is 24.3 Å². The molecule has 0 aromatic heterocycles. The molecule has 3 nitrogen and oxygen atoms in total. The Hall–Kier alpha value is -1.16. The molecule has 0 bridgehead atoms. The summed E-state index contributed by atoms with van der Waals surface area (Å²) in [5.41, 5.74) is 0.950. The molecular weight excluding hydrogens is 330 g/mol. The van der Waals surface area contributed by atoms with Crippen molar-refractivity contribution in [2.45, 2.75) is 56.4 Å². The number of benzene rings is 1. The van der Waals surface area contributed by atoms with Gasteiger partial charge >= 0.3 is 0 Å². The molecule has 1 amide bonds. The van der Waals surface area contributed by atoms with Gasteiger partial charge in [-0.3, -0.25) is 9.59 Å². The van der Waals surface area contributed by atoms with E-state index in [1.807, 2.05) is 18.7 Å². The molecule has 2 rings (SSSR count). The zero-order valence-electron chi connectivity index (χ0n) is 12.6. The van der Waals surface area contributed by atoms with Crippen LogP contribution < -0.4 is 0 Å². The third-order valence-electron chi connectivity index (χ3n) is 4.10. The zero-order chi connectivity index (χ0) is 15.5. The highest BCUT2D eigenvalue weighted by atomic mass is 79.9. The summed E-state index contributed by atoms with van der Waals surface area (Å²) >= 11 is 3.82. The van der Waals surface area contributed by atoms with E-state index in [1.165, 1.54) is 6.42 Å². The average Bonchev–Trinajstić information content (AvgIpc) is 2.47. The quantitative estimate of drug-likeness (QED) is 0.457. The van der Waals surface area contributed by atoms with Crippen molar-refractivity contribution < 1.29 is 9.59 Å². The molecule has 1 aromatic rings. The molecule has 4 heteroatoms. The van der Waals surface area contributed by atoms with Crippen LogP contribution in [0.4, 0.5) is 0 Å². The number of carbonyl (C=O) groups excluding carboxylic acids is 2. The van der Waals surface area contributed by atoms with Crippen molar-refractivity contribution in [2.24, 2.45) is 0 Å². The third kappa shape index (κ3) is 3.37. The van der Waals surface area contributed by atoms with Crippen LogP contribution in [0.5, 0.6) is 0 Å². The van der Waals surface area contributed by atoms with E-state index in [0.29, 0.717) is 11.1 Å². The molecule has 1 aliphatic carbocycles. The molecule has 1 fully saturated rings. The maximum Gasteiger partial charge on any atom is 0.255 e. The number of amides is 1. The Kier molecular flexibility index (Phi) is 5.20. The van der Waals surface area contributed by atoms with E-state index in [9.17, 15) is 9.59 Å². The van der Waals surface area contributed by atoms with Gasteiger partial charge in [0.15, 0.2) is 6.29 Å². The summed E-state index contributed by atoms with van der Waals surface area (Å²) in [4.78, 5) is 26.1. The van der Waals surface area contributed by atoms with Crippen molar-refractivity contribution in [3.63, 3.8) is 0 Å². The highest BCUT2D eigenvalue weighted by Crippen LogP contribution is 2.41. The number of hydrogen-bond donors (Lipinski definition) is 0. The van der Waals surface area contributed by atoms with E-state index in [-0.39, 0.29) is 16.4 Å². The lowest BCUT2D eigenvalue weighted by Crippen LogP contribution is -2.52. The Morgan fingerprint density at radius 3 is 2.43 bits per heavy atom. The van der Waals surface area contributed by atoms with Gasteiger partial charge in [-0.2, -0.15) is 0 Å². The lowest BCUT2D eigenvalue weighted by Gasteiger charge is -2.45. The van der Waals surface area contributed by atoms with Crippen molar-refractivity contribution in [1.29, 1.82) is 0 Å². The number of carbonyl (C=O) groups is 2. The molecule has 1 saturated carbocycles. The fourth-order valence-electron chi connectivity index (χ4n) is 3.14. The number of halogens is 1. The largest absolute Gasteiger partial charge is 0.321 e. The van der Waals surface area contributed by atoms with Gasteiger partial charge < -0.3 is 4.90 Å². The Labute approximate surface area is 134 Å². The normalized spacial score (nSPS) is 17.5. The fourth-order valence-corrected chi connectivity index (χ4v) is 4.27. The molecule has 0 radical (unpaired) electrons. The molecule has 0 aliphatic heterocycles. The van der Waals surface area contributed by atoms with Crippen molar-refractivity contribution in [1.82, 2.24) is 4.90 Å². The minimum Gasteiger partial charge on any atom is -0.321 e. The van der Waals surface area contributed by atoms with Crippen molar-refractivity contribution in [3.05, 3.63) is 35.4 Å². The lowest BCUT2D eigenvalue weighted by atomic mass is 9.92. The molecular formula is C17H22BrNO2. The number of nitrogens with zero attached hydrogens (tertiary/aromatic N) is 1. The van der Waals surface area contributed by atoms with E-state index in [0.717, 1.165) is 32.0 Å². The van der Waals surface area contributed by atoms with Crippen LogP contribution in [0.1, 0.15) is 66.7 Å². The number of hydrogen-bond acceptors (Lipinski definition) is 2. The minimum atomic E-state index is -0.285. The van der Waals surface area contributed by atoms with Gasteiger partial charge in [0, 0.05) is 11.6 Å². The molecule has 0 saturated heterocycles. The second kappa shape index (κ2) is 6.73. The van der Waals surface area contributed by atoms with E-state index in [2.05, 4.69) is 15.9 Å². The number of alkyl halides is 1. The standard InChI is InChI=1S/C17H22BrNO2/c1-13(2)19(17(18)10-6-3-7-11-17)16(21)15-9-5-4-8-14(15)12-20/h4-5,8-9,12-13H,3,6-7,10-11H2,1-2H3. The Balaban J connectivity index is 2.38. The summed E-state index contributed by atoms with van der Waals surface area (Å²) in [6.45, 7) is 4.05. The predicted octanol–water partition coefficient (Wildman–Crippen LogP) is 4.41. The molecule has 0 unspecified atom stereocenters. The Bertz CT molecular complexity index is 521. The van der Waals surface area contributed by atoms with E-state index < -0.39 is 0 Å². The van der Waals surface area contributed by atoms with Crippen LogP contribution in [0.25, 0.3) is 0 Å². The smallest absolute Gasteiger partial charge is 0.255 e. The summed E-state index contributed by atoms with van der Waals surface area (Å²) in [5.74, 6) is -0.0634. The van der Waals surface area contributed by atoms with Gasteiger partial charge in [0.1, 0.15) is 0 Å². The van der Waals surface area contributed by atoms with Gasteiger partial charge in [-0.1, -0.05) is 53.4 Å². The first-order valence-electron chi connectivity index (χ1n) is 7.56. The highest BCUT2D eigenvalue weighted by molar-refractivity contribution is 9.10. The first-order valence-corrected chi connectivity index (χ1v) is 8.36. The van der Waals surface area contributed by atoms with Gasteiger partial charge in [0.2, 0.25) is 0 Å². The van der Waals surface area contributed by atoms with Crippen molar-refractivity contribution >= 4 is 28.1 Å². The summed E-state index contributed by atoms with van der Waals surface area (Å²) < 4.78 is -0.285. The van der Waals surface area contributed by atoms with Gasteiger partial charge in [-0.15, -0.1) is 0 Å². The van der Waals surface area contributed by atoms with Gasteiger partial charge in [-0.25, -0.2) is 0 Å².